The Morgan fingerprint density at radius 1 is 0.882 bits per heavy atom. The zero-order valence-electron chi connectivity index (χ0n) is 20.5. The van der Waals surface area contributed by atoms with E-state index in [1.165, 1.54) is 18.2 Å². The Morgan fingerprint density at radius 3 is 1.85 bits per heavy atom. The Bertz CT molecular complexity index is 948. The predicted octanol–water partition coefficient (Wildman–Crippen LogP) is 4.05. The number of hydrogen-bond acceptors (Lipinski definition) is 3. The Morgan fingerprint density at radius 2 is 1.38 bits per heavy atom. The molecule has 0 radical (unpaired) electrons. The molecule has 2 rings (SSSR count). The normalized spacial score (nSPS) is 12.4. The molecular weight excluding hydrogens is 476 g/mol. The summed E-state index contributed by atoms with van der Waals surface area (Å²) in [5.74, 6) is 0.942. The number of hydrogen-bond donors (Lipinski definition) is 0. The van der Waals surface area contributed by atoms with E-state index in [4.69, 9.17) is 9.47 Å². The van der Waals surface area contributed by atoms with Gasteiger partial charge in [0.15, 0.2) is 5.52 Å². The second kappa shape index (κ2) is 12.3. The maximum Gasteiger partial charge on any atom is 1.00 e. The summed E-state index contributed by atoms with van der Waals surface area (Å²) in [5.41, 5.74) is -5.89. The molecule has 0 aliphatic rings. The maximum atomic E-state index is 13.4. The number of benzene rings is 2. The largest absolute Gasteiger partial charge is 1.00 e. The fourth-order valence-corrected chi connectivity index (χ4v) is 3.86. The smallest absolute Gasteiger partial charge is 1.00 e. The van der Waals surface area contributed by atoms with Gasteiger partial charge in [-0.15, -0.1) is 0 Å². The van der Waals surface area contributed by atoms with Crippen molar-refractivity contribution in [2.45, 2.75) is 40.0 Å². The minimum atomic E-state index is -5.12. The van der Waals surface area contributed by atoms with Crippen molar-refractivity contribution in [3.8, 4) is 11.5 Å². The Balaban J connectivity index is 0.00000578. The summed E-state index contributed by atoms with van der Waals surface area (Å²) < 4.78 is 92.0. The van der Waals surface area contributed by atoms with E-state index in [1.807, 2.05) is 27.7 Å². The molecule has 0 aliphatic heterocycles. The molecule has 0 aliphatic carbocycles. The van der Waals surface area contributed by atoms with E-state index in [1.54, 1.807) is 0 Å². The summed E-state index contributed by atoms with van der Waals surface area (Å²) in [7, 11) is -1.02. The van der Waals surface area contributed by atoms with Crippen molar-refractivity contribution < 1.29 is 60.9 Å². The van der Waals surface area contributed by atoms with Crippen molar-refractivity contribution in [1.82, 2.24) is 0 Å². The molecule has 1 atom stereocenters. The molecule has 0 saturated heterocycles. The van der Waals surface area contributed by atoms with Crippen LogP contribution in [-0.2, 0) is 12.4 Å². The monoisotopic (exact) mass is 502 g/mol. The van der Waals surface area contributed by atoms with Gasteiger partial charge in [-0.2, -0.15) is 26.3 Å². The minimum Gasteiger partial charge on any atom is -1.00 e. The van der Waals surface area contributed by atoms with Crippen LogP contribution < -0.4 is 33.6 Å². The van der Waals surface area contributed by atoms with Crippen molar-refractivity contribution in [1.29, 1.82) is 0 Å². The number of carbonyl (C=O) groups excluding carboxylic acids is 1. The average molecular weight is 502 g/mol. The maximum absolute atomic E-state index is 13.4. The number of ether oxygens (including phenoxy) is 2. The van der Waals surface area contributed by atoms with E-state index in [2.05, 4.69) is 0 Å². The first-order chi connectivity index (χ1) is 15.2. The first kappa shape index (κ1) is 30.3. The summed E-state index contributed by atoms with van der Waals surface area (Å²) in [6.45, 7) is 8.29. The van der Waals surface area contributed by atoms with Gasteiger partial charge in [-0.05, 0) is 44.7 Å². The van der Waals surface area contributed by atoms with Crippen molar-refractivity contribution in [3.05, 3.63) is 53.1 Å². The fraction of sp³-hybridized carbons (Fsp3) is 0.435. The van der Waals surface area contributed by atoms with Gasteiger partial charge in [-0.25, -0.2) is 0 Å². The Labute approximate surface area is 210 Å². The average Bonchev–Trinajstić information content (AvgIpc) is 2.69. The first-order valence-corrected chi connectivity index (χ1v) is 11.2. The predicted molar refractivity (Wildman–Crippen MR) is 117 cm³/mol. The number of rotatable bonds is 9. The SMILES string of the molecule is CC(C)COc1ccc(PC(=O)c2c(C(F)(F)F)cccc2C(F)(F)F)c(OCC(C)C)c1.[H-].[Li+]. The van der Waals surface area contributed by atoms with Gasteiger partial charge >= 0.3 is 31.2 Å². The van der Waals surface area contributed by atoms with Gasteiger partial charge < -0.3 is 10.9 Å². The van der Waals surface area contributed by atoms with Crippen LogP contribution in [0.25, 0.3) is 0 Å². The van der Waals surface area contributed by atoms with Crippen LogP contribution >= 0.6 is 8.58 Å². The molecule has 0 aromatic heterocycles. The molecule has 0 fully saturated rings. The molecule has 184 valence electrons. The second-order valence-corrected chi connectivity index (χ2v) is 9.49. The number of alkyl halides is 6. The van der Waals surface area contributed by atoms with Crippen LogP contribution in [-0.4, -0.2) is 18.7 Å². The zero-order valence-corrected chi connectivity index (χ0v) is 20.5. The molecule has 34 heavy (non-hydrogen) atoms. The van der Waals surface area contributed by atoms with E-state index >= 15 is 0 Å². The van der Waals surface area contributed by atoms with Gasteiger partial charge in [0.25, 0.3) is 0 Å². The molecule has 1 unspecified atom stereocenters. The van der Waals surface area contributed by atoms with E-state index in [9.17, 15) is 31.1 Å². The third kappa shape index (κ3) is 8.52. The van der Waals surface area contributed by atoms with Crippen LogP contribution in [0.3, 0.4) is 0 Å². The molecular formula is C23H26F6LiO3P. The van der Waals surface area contributed by atoms with Gasteiger partial charge in [0, 0.05) is 16.9 Å². The van der Waals surface area contributed by atoms with Crippen LogP contribution in [0.4, 0.5) is 26.3 Å². The van der Waals surface area contributed by atoms with Gasteiger partial charge in [-0.3, -0.25) is 4.79 Å². The van der Waals surface area contributed by atoms with Crippen LogP contribution in [0.15, 0.2) is 36.4 Å². The minimum absolute atomic E-state index is 0. The molecule has 11 heteroatoms. The molecule has 3 nitrogen and oxygen atoms in total. The first-order valence-electron chi connectivity index (χ1n) is 10.2. The topological polar surface area (TPSA) is 35.5 Å². The summed E-state index contributed by atoms with van der Waals surface area (Å²) in [6, 6.07) is 6.05. The summed E-state index contributed by atoms with van der Waals surface area (Å²) >= 11 is 0. The molecule has 2 aromatic rings. The third-order valence-corrected chi connectivity index (χ3v) is 5.42. The van der Waals surface area contributed by atoms with Crippen LogP contribution in [0.2, 0.25) is 0 Å². The van der Waals surface area contributed by atoms with E-state index in [-0.39, 0.29) is 49.8 Å². The van der Waals surface area contributed by atoms with Crippen LogP contribution in [0.5, 0.6) is 11.5 Å². The van der Waals surface area contributed by atoms with Gasteiger partial charge in [0.1, 0.15) is 11.5 Å². The second-order valence-electron chi connectivity index (χ2n) is 8.25. The van der Waals surface area contributed by atoms with E-state index in [0.29, 0.717) is 30.6 Å². The summed E-state index contributed by atoms with van der Waals surface area (Å²) in [5, 5.41) is 0.197. The molecule has 0 spiro atoms. The summed E-state index contributed by atoms with van der Waals surface area (Å²) in [6.07, 6.45) is -10.2. The molecule has 2 aromatic carbocycles. The van der Waals surface area contributed by atoms with Gasteiger partial charge in [-0.1, -0.05) is 33.8 Å². The van der Waals surface area contributed by atoms with Crippen LogP contribution in [0.1, 0.15) is 50.6 Å². The van der Waals surface area contributed by atoms with Gasteiger partial charge in [0.05, 0.1) is 24.3 Å². The molecule has 0 amide bonds. The molecule has 0 saturated carbocycles. The van der Waals surface area contributed by atoms with E-state index < -0.39 is 43.1 Å². The number of halogens is 6. The summed E-state index contributed by atoms with van der Waals surface area (Å²) in [4.78, 5) is 12.9. The van der Waals surface area contributed by atoms with Crippen molar-refractivity contribution in [3.63, 3.8) is 0 Å². The number of carbonyl (C=O) groups is 1. The Kier molecular flexibility index (Phi) is 11.0. The van der Waals surface area contributed by atoms with Crippen LogP contribution in [0, 0.1) is 11.8 Å². The van der Waals surface area contributed by atoms with E-state index in [0.717, 1.165) is 0 Å². The zero-order chi connectivity index (χ0) is 25.0. The molecule has 0 bridgehead atoms. The fourth-order valence-electron chi connectivity index (χ4n) is 2.79. The van der Waals surface area contributed by atoms with Crippen molar-refractivity contribution in [2.24, 2.45) is 11.8 Å². The van der Waals surface area contributed by atoms with Gasteiger partial charge in [0.2, 0.25) is 0 Å². The Hall–Kier alpha value is -1.68. The quantitative estimate of drug-likeness (QED) is 0.295. The standard InChI is InChI=1S/C23H25F6O3P.Li.H/c1-13(2)11-31-15-8-9-19(18(10-15)32-12-14(3)4)33-21(30)20-16(22(24,25)26)6-5-7-17(20)23(27,28)29;;/h5-10,13-14,33H,11-12H2,1-4H3;;/q;+1;-1. The molecule has 0 heterocycles. The van der Waals surface area contributed by atoms with Crippen molar-refractivity contribution >= 4 is 19.4 Å². The third-order valence-electron chi connectivity index (χ3n) is 4.26. The molecule has 0 N–H and O–H groups in total. The van der Waals surface area contributed by atoms with Crippen molar-refractivity contribution in [2.75, 3.05) is 13.2 Å².